The highest BCUT2D eigenvalue weighted by molar-refractivity contribution is 7.26. The highest BCUT2D eigenvalue weighted by Crippen LogP contribution is 2.44. The van der Waals surface area contributed by atoms with Crippen LogP contribution in [0.3, 0.4) is 0 Å². The molecule has 0 bridgehead atoms. The molecule has 0 fully saturated rings. The van der Waals surface area contributed by atoms with Crippen molar-refractivity contribution in [2.45, 2.75) is 0 Å². The summed E-state index contributed by atoms with van der Waals surface area (Å²) in [5, 5.41) is 7.78. The Morgan fingerprint density at radius 3 is 1.57 bits per heavy atom. The molecule has 9 aromatic carbocycles. The van der Waals surface area contributed by atoms with Gasteiger partial charge in [-0.05, 0) is 86.1 Å². The van der Waals surface area contributed by atoms with E-state index < -0.39 is 0 Å². The highest BCUT2D eigenvalue weighted by atomic mass is 32.1. The van der Waals surface area contributed by atoms with Crippen molar-refractivity contribution in [1.82, 2.24) is 4.57 Å². The van der Waals surface area contributed by atoms with E-state index in [1.165, 1.54) is 103 Å². The molecule has 0 aliphatic heterocycles. The number of fused-ring (bicyclic) bond motifs is 8. The minimum Gasteiger partial charge on any atom is -0.309 e. The fourth-order valence-corrected chi connectivity index (χ4v) is 9.70. The predicted octanol–water partition coefficient (Wildman–Crippen LogP) is 15.0. The second-order valence-corrected chi connectivity index (χ2v) is 15.1. The summed E-state index contributed by atoms with van der Waals surface area (Å²) in [4.78, 5) is 0. The van der Waals surface area contributed by atoms with Gasteiger partial charge >= 0.3 is 0 Å². The average Bonchev–Trinajstić information content (AvgIpc) is 3.80. The monoisotopic (exact) mass is 703 g/mol. The van der Waals surface area contributed by atoms with Crippen molar-refractivity contribution in [1.29, 1.82) is 0 Å². The first-order valence-corrected chi connectivity index (χ1v) is 19.3. The van der Waals surface area contributed by atoms with Gasteiger partial charge in [-0.25, -0.2) is 0 Å². The third-order valence-corrected chi connectivity index (χ3v) is 12.2. The van der Waals surface area contributed by atoms with Gasteiger partial charge in [-0.3, -0.25) is 0 Å². The lowest BCUT2D eigenvalue weighted by atomic mass is 9.96. The van der Waals surface area contributed by atoms with Crippen LogP contribution in [-0.2, 0) is 0 Å². The van der Waals surface area contributed by atoms with Gasteiger partial charge in [0, 0.05) is 36.5 Å². The maximum absolute atomic E-state index is 2.46. The van der Waals surface area contributed by atoms with Crippen molar-refractivity contribution >= 4 is 64.1 Å². The topological polar surface area (TPSA) is 4.93 Å². The van der Waals surface area contributed by atoms with Crippen LogP contribution in [0.1, 0.15) is 0 Å². The van der Waals surface area contributed by atoms with Crippen LogP contribution in [0.25, 0.3) is 103 Å². The second-order valence-electron chi connectivity index (χ2n) is 14.1. The van der Waals surface area contributed by atoms with Crippen LogP contribution in [0.5, 0.6) is 0 Å². The highest BCUT2D eigenvalue weighted by Gasteiger charge is 2.18. The molecule has 54 heavy (non-hydrogen) atoms. The van der Waals surface area contributed by atoms with E-state index in [1.807, 2.05) is 11.3 Å². The number of aromatic nitrogens is 1. The number of rotatable bonds is 5. The van der Waals surface area contributed by atoms with E-state index in [2.05, 4.69) is 205 Å². The zero-order valence-corrected chi connectivity index (χ0v) is 30.2. The molecule has 0 unspecified atom stereocenters. The summed E-state index contributed by atoms with van der Waals surface area (Å²) in [6, 6.07) is 73.3. The third-order valence-electron chi connectivity index (χ3n) is 11.0. The third kappa shape index (κ3) is 4.92. The van der Waals surface area contributed by atoms with Gasteiger partial charge in [0.1, 0.15) is 0 Å². The number of hydrogen-bond acceptors (Lipinski definition) is 1. The fraction of sp³-hybridized carbons (Fsp3) is 0. The van der Waals surface area contributed by atoms with Crippen LogP contribution in [0.2, 0.25) is 0 Å². The summed E-state index contributed by atoms with van der Waals surface area (Å²) in [6.07, 6.45) is 0. The number of thiophene rings is 1. The molecule has 0 atom stereocenters. The molecule has 0 N–H and O–H groups in total. The molecule has 11 rings (SSSR count). The first-order valence-electron chi connectivity index (χ1n) is 18.5. The molecule has 0 aliphatic carbocycles. The second kappa shape index (κ2) is 12.4. The number of hydrogen-bond donors (Lipinski definition) is 0. The lowest BCUT2D eigenvalue weighted by molar-refractivity contribution is 1.18. The van der Waals surface area contributed by atoms with E-state index in [-0.39, 0.29) is 0 Å². The molecule has 0 amide bonds. The average molecular weight is 704 g/mol. The molecular formula is C52H33NS. The Kier molecular flexibility index (Phi) is 7.11. The van der Waals surface area contributed by atoms with Crippen LogP contribution in [0.4, 0.5) is 0 Å². The van der Waals surface area contributed by atoms with E-state index in [0.717, 1.165) is 0 Å². The summed E-state index contributed by atoms with van der Waals surface area (Å²) >= 11 is 1.90. The van der Waals surface area contributed by atoms with Gasteiger partial charge in [0.05, 0.1) is 16.7 Å². The number of nitrogens with zero attached hydrogens (tertiary/aromatic N) is 1. The Hall–Kier alpha value is -6.74. The molecule has 2 aromatic heterocycles. The van der Waals surface area contributed by atoms with Gasteiger partial charge in [0.25, 0.3) is 0 Å². The molecule has 0 aliphatic rings. The number of para-hydroxylation sites is 1. The minimum absolute atomic E-state index is 1.17. The summed E-state index contributed by atoms with van der Waals surface area (Å²) < 4.78 is 5.14. The molecule has 0 radical (unpaired) electrons. The van der Waals surface area contributed by atoms with Crippen LogP contribution in [-0.4, -0.2) is 4.57 Å². The largest absolute Gasteiger partial charge is 0.309 e. The Morgan fingerprint density at radius 1 is 0.333 bits per heavy atom. The Bertz CT molecular complexity index is 3090. The lowest BCUT2D eigenvalue weighted by Gasteiger charge is -2.15. The van der Waals surface area contributed by atoms with E-state index in [9.17, 15) is 0 Å². The quantitative estimate of drug-likeness (QED) is 0.168. The van der Waals surface area contributed by atoms with Gasteiger partial charge < -0.3 is 4.57 Å². The van der Waals surface area contributed by atoms with E-state index in [4.69, 9.17) is 0 Å². The first-order chi connectivity index (χ1) is 26.8. The Morgan fingerprint density at radius 2 is 0.889 bits per heavy atom. The maximum atomic E-state index is 2.46. The standard InChI is InChI=1S/C52H33NS/c1-3-12-34(13-4-1)39-27-30-48-45(32-39)46-33-40(35-14-5-2-6-15-35)28-31-49(46)53(48)47-20-10-9-17-41(47)37-22-24-38(25-23-37)42-19-11-21-50-51(42)44-29-26-36-16-7-8-18-43(36)52(44)54-50/h1-33H. The molecule has 1 nitrogen and oxygen atoms in total. The van der Waals surface area contributed by atoms with Crippen molar-refractivity contribution in [2.75, 3.05) is 0 Å². The predicted molar refractivity (Wildman–Crippen MR) is 233 cm³/mol. The van der Waals surface area contributed by atoms with E-state index in [1.54, 1.807) is 0 Å². The summed E-state index contributed by atoms with van der Waals surface area (Å²) in [5.41, 5.74) is 13.3. The molecule has 0 saturated heterocycles. The normalized spacial score (nSPS) is 11.7. The van der Waals surface area contributed by atoms with Gasteiger partial charge in [0.2, 0.25) is 0 Å². The van der Waals surface area contributed by atoms with Crippen molar-refractivity contribution in [3.63, 3.8) is 0 Å². The van der Waals surface area contributed by atoms with Crippen molar-refractivity contribution in [3.8, 4) is 50.2 Å². The maximum Gasteiger partial charge on any atom is 0.0541 e. The summed E-state index contributed by atoms with van der Waals surface area (Å²) in [6.45, 7) is 0. The zero-order valence-electron chi connectivity index (χ0n) is 29.4. The molecule has 2 heteroatoms. The van der Waals surface area contributed by atoms with Gasteiger partial charge in [-0.15, -0.1) is 11.3 Å². The number of benzene rings is 9. The van der Waals surface area contributed by atoms with Crippen LogP contribution in [0.15, 0.2) is 200 Å². The van der Waals surface area contributed by atoms with Crippen LogP contribution in [0, 0.1) is 0 Å². The first kappa shape index (κ1) is 30.8. The van der Waals surface area contributed by atoms with Gasteiger partial charge in [-0.2, -0.15) is 0 Å². The van der Waals surface area contributed by atoms with Crippen molar-refractivity contribution in [3.05, 3.63) is 200 Å². The van der Waals surface area contributed by atoms with Crippen molar-refractivity contribution < 1.29 is 0 Å². The zero-order chi connectivity index (χ0) is 35.6. The molecule has 0 spiro atoms. The Balaban J connectivity index is 1.07. The fourth-order valence-electron chi connectivity index (χ4n) is 8.44. The molecule has 0 saturated carbocycles. The van der Waals surface area contributed by atoms with Crippen LogP contribution < -0.4 is 0 Å². The van der Waals surface area contributed by atoms with Gasteiger partial charge in [0.15, 0.2) is 0 Å². The smallest absolute Gasteiger partial charge is 0.0541 e. The molecule has 2 heterocycles. The summed E-state index contributed by atoms with van der Waals surface area (Å²) in [7, 11) is 0. The molecular weight excluding hydrogens is 671 g/mol. The van der Waals surface area contributed by atoms with Gasteiger partial charge in [-0.1, -0.05) is 164 Å². The van der Waals surface area contributed by atoms with E-state index in [0.29, 0.717) is 0 Å². The van der Waals surface area contributed by atoms with E-state index >= 15 is 0 Å². The van der Waals surface area contributed by atoms with Crippen molar-refractivity contribution in [2.24, 2.45) is 0 Å². The van der Waals surface area contributed by atoms with Crippen LogP contribution >= 0.6 is 11.3 Å². The minimum atomic E-state index is 1.17. The lowest BCUT2D eigenvalue weighted by Crippen LogP contribution is -1.97. The molecule has 252 valence electrons. The Labute approximate surface area is 317 Å². The molecule has 11 aromatic rings. The SMILES string of the molecule is c1ccc(-c2ccc3c(c2)c2cc(-c4ccccc4)ccc2n3-c2ccccc2-c2ccc(-c3cccc4sc5c6ccccc6ccc5c34)cc2)cc1. The summed E-state index contributed by atoms with van der Waals surface area (Å²) in [5.74, 6) is 0.